The highest BCUT2D eigenvalue weighted by atomic mass is 32.2. The van der Waals surface area contributed by atoms with Gasteiger partial charge in [0.1, 0.15) is 0 Å². The monoisotopic (exact) mass is 300 g/mol. The van der Waals surface area contributed by atoms with E-state index in [-0.39, 0.29) is 11.2 Å². The molecule has 2 aromatic carbocycles. The van der Waals surface area contributed by atoms with Gasteiger partial charge in [0, 0.05) is 16.3 Å². The first kappa shape index (κ1) is 15.4. The van der Waals surface area contributed by atoms with Crippen molar-refractivity contribution >= 4 is 29.0 Å². The normalized spacial score (nSPS) is 12.0. The summed E-state index contributed by atoms with van der Waals surface area (Å²) in [5.41, 5.74) is 9.62. The second-order valence-corrected chi connectivity index (χ2v) is 6.53. The third kappa shape index (κ3) is 4.26. The third-order valence-electron chi connectivity index (χ3n) is 3.34. The van der Waals surface area contributed by atoms with Crippen LogP contribution in [0.2, 0.25) is 0 Å². The zero-order valence-electron chi connectivity index (χ0n) is 12.5. The SMILES string of the molecule is Cc1ccc(NC(=O)C(C)Sc2ccc(N)cc2)cc1C. The van der Waals surface area contributed by atoms with Crippen LogP contribution in [0.15, 0.2) is 47.4 Å². The highest BCUT2D eigenvalue weighted by Crippen LogP contribution is 2.25. The number of carbonyl (C=O) groups excluding carboxylic acids is 1. The summed E-state index contributed by atoms with van der Waals surface area (Å²) in [6.45, 7) is 6.00. The van der Waals surface area contributed by atoms with Crippen LogP contribution < -0.4 is 11.1 Å². The van der Waals surface area contributed by atoms with Gasteiger partial charge in [0.2, 0.25) is 5.91 Å². The average Bonchev–Trinajstić information content (AvgIpc) is 2.45. The quantitative estimate of drug-likeness (QED) is 0.662. The van der Waals surface area contributed by atoms with Crippen LogP contribution in [-0.2, 0) is 4.79 Å². The van der Waals surface area contributed by atoms with E-state index in [0.717, 1.165) is 16.3 Å². The first-order chi connectivity index (χ1) is 9.95. The molecule has 0 aliphatic rings. The summed E-state index contributed by atoms with van der Waals surface area (Å²) in [7, 11) is 0. The minimum atomic E-state index is -0.171. The fraction of sp³-hybridized carbons (Fsp3) is 0.235. The van der Waals surface area contributed by atoms with E-state index in [1.807, 2.05) is 56.3 Å². The smallest absolute Gasteiger partial charge is 0.237 e. The van der Waals surface area contributed by atoms with Crippen LogP contribution in [0.4, 0.5) is 11.4 Å². The van der Waals surface area contributed by atoms with E-state index in [1.54, 1.807) is 0 Å². The average molecular weight is 300 g/mol. The molecule has 4 heteroatoms. The number of hydrogen-bond donors (Lipinski definition) is 2. The van der Waals surface area contributed by atoms with Crippen molar-refractivity contribution in [3.8, 4) is 0 Å². The van der Waals surface area contributed by atoms with E-state index in [0.29, 0.717) is 0 Å². The third-order valence-corrected chi connectivity index (χ3v) is 4.45. The lowest BCUT2D eigenvalue weighted by atomic mass is 10.1. The molecule has 1 amide bonds. The summed E-state index contributed by atoms with van der Waals surface area (Å²) in [4.78, 5) is 13.3. The number of hydrogen-bond acceptors (Lipinski definition) is 3. The molecule has 0 saturated carbocycles. The molecule has 0 aromatic heterocycles. The maximum atomic E-state index is 12.2. The molecule has 0 aliphatic carbocycles. The maximum Gasteiger partial charge on any atom is 0.237 e. The molecular weight excluding hydrogens is 280 g/mol. The van der Waals surface area contributed by atoms with Crippen LogP contribution in [0.25, 0.3) is 0 Å². The lowest BCUT2D eigenvalue weighted by Gasteiger charge is -2.13. The Morgan fingerprint density at radius 1 is 1.10 bits per heavy atom. The van der Waals surface area contributed by atoms with Crippen molar-refractivity contribution < 1.29 is 4.79 Å². The van der Waals surface area contributed by atoms with Crippen LogP contribution in [0, 0.1) is 13.8 Å². The van der Waals surface area contributed by atoms with Crippen molar-refractivity contribution in [1.82, 2.24) is 0 Å². The van der Waals surface area contributed by atoms with Crippen LogP contribution in [0.1, 0.15) is 18.1 Å². The molecule has 2 rings (SSSR count). The highest BCUT2D eigenvalue weighted by molar-refractivity contribution is 8.00. The summed E-state index contributed by atoms with van der Waals surface area (Å²) in [6.07, 6.45) is 0. The van der Waals surface area contributed by atoms with Gasteiger partial charge in [0.05, 0.1) is 5.25 Å². The Labute approximate surface area is 129 Å². The number of nitrogens with one attached hydrogen (secondary N) is 1. The summed E-state index contributed by atoms with van der Waals surface area (Å²) in [6, 6.07) is 13.5. The molecule has 0 fully saturated rings. The summed E-state index contributed by atoms with van der Waals surface area (Å²) < 4.78 is 0. The first-order valence-corrected chi connectivity index (χ1v) is 7.74. The summed E-state index contributed by atoms with van der Waals surface area (Å²) in [5.74, 6) is 0.0000723. The van der Waals surface area contributed by atoms with Crippen molar-refractivity contribution in [2.75, 3.05) is 11.1 Å². The second kappa shape index (κ2) is 6.68. The molecule has 110 valence electrons. The Morgan fingerprint density at radius 2 is 1.76 bits per heavy atom. The van der Waals surface area contributed by atoms with Crippen LogP contribution >= 0.6 is 11.8 Å². The van der Waals surface area contributed by atoms with E-state index in [2.05, 4.69) is 12.2 Å². The zero-order chi connectivity index (χ0) is 15.4. The second-order valence-electron chi connectivity index (χ2n) is 5.12. The Bertz CT molecular complexity index is 638. The number of nitrogen functional groups attached to an aromatic ring is 1. The fourth-order valence-electron chi connectivity index (χ4n) is 1.87. The van der Waals surface area contributed by atoms with Gasteiger partial charge in [0.15, 0.2) is 0 Å². The standard InChI is InChI=1S/C17H20N2OS/c1-11-4-7-15(10-12(11)2)19-17(20)13(3)21-16-8-5-14(18)6-9-16/h4-10,13H,18H2,1-3H3,(H,19,20). The van der Waals surface area contributed by atoms with Crippen LogP contribution in [-0.4, -0.2) is 11.2 Å². The molecule has 1 atom stereocenters. The molecule has 3 nitrogen and oxygen atoms in total. The minimum absolute atomic E-state index is 0.0000723. The van der Waals surface area contributed by atoms with Crippen molar-refractivity contribution in [2.24, 2.45) is 0 Å². The molecule has 0 bridgehead atoms. The molecule has 21 heavy (non-hydrogen) atoms. The lowest BCUT2D eigenvalue weighted by Crippen LogP contribution is -2.22. The number of carbonyl (C=O) groups is 1. The Balaban J connectivity index is 1.98. The van der Waals surface area contributed by atoms with Gasteiger partial charge in [-0.05, 0) is 68.3 Å². The van der Waals surface area contributed by atoms with Crippen LogP contribution in [0.3, 0.4) is 0 Å². The van der Waals surface area contributed by atoms with Crippen molar-refractivity contribution in [2.45, 2.75) is 30.9 Å². The van der Waals surface area contributed by atoms with Crippen molar-refractivity contribution in [1.29, 1.82) is 0 Å². The van der Waals surface area contributed by atoms with Gasteiger partial charge in [-0.2, -0.15) is 0 Å². The molecule has 0 radical (unpaired) electrons. The maximum absolute atomic E-state index is 12.2. The van der Waals surface area contributed by atoms with Crippen molar-refractivity contribution in [3.05, 3.63) is 53.6 Å². The van der Waals surface area contributed by atoms with E-state index < -0.39 is 0 Å². The van der Waals surface area contributed by atoms with Crippen LogP contribution in [0.5, 0.6) is 0 Å². The highest BCUT2D eigenvalue weighted by Gasteiger charge is 2.14. The zero-order valence-corrected chi connectivity index (χ0v) is 13.3. The summed E-state index contributed by atoms with van der Waals surface area (Å²) in [5, 5.41) is 2.79. The van der Waals surface area contributed by atoms with Gasteiger partial charge < -0.3 is 11.1 Å². The van der Waals surface area contributed by atoms with E-state index in [9.17, 15) is 4.79 Å². The van der Waals surface area contributed by atoms with Gasteiger partial charge in [-0.15, -0.1) is 11.8 Å². The molecule has 2 aromatic rings. The number of rotatable bonds is 4. The molecule has 1 unspecified atom stereocenters. The van der Waals surface area contributed by atoms with Gasteiger partial charge in [-0.1, -0.05) is 6.07 Å². The molecule has 3 N–H and O–H groups in total. The van der Waals surface area contributed by atoms with Gasteiger partial charge in [0.25, 0.3) is 0 Å². The minimum Gasteiger partial charge on any atom is -0.399 e. The number of anilines is 2. The Kier molecular flexibility index (Phi) is 4.91. The van der Waals surface area contributed by atoms with E-state index >= 15 is 0 Å². The topological polar surface area (TPSA) is 55.1 Å². The number of aryl methyl sites for hydroxylation is 2. The summed E-state index contributed by atoms with van der Waals surface area (Å²) >= 11 is 1.52. The molecule has 0 saturated heterocycles. The first-order valence-electron chi connectivity index (χ1n) is 6.86. The number of nitrogens with two attached hydrogens (primary N) is 1. The molecule has 0 aliphatic heterocycles. The van der Waals surface area contributed by atoms with Crippen molar-refractivity contribution in [3.63, 3.8) is 0 Å². The fourth-order valence-corrected chi connectivity index (χ4v) is 2.73. The van der Waals surface area contributed by atoms with E-state index in [1.165, 1.54) is 22.9 Å². The number of benzene rings is 2. The number of amides is 1. The molecule has 0 heterocycles. The molecule has 0 spiro atoms. The molecular formula is C17H20N2OS. The van der Waals surface area contributed by atoms with Gasteiger partial charge in [-0.25, -0.2) is 0 Å². The Hall–Kier alpha value is -1.94. The predicted molar refractivity (Wildman–Crippen MR) is 90.7 cm³/mol. The van der Waals surface area contributed by atoms with Gasteiger partial charge in [-0.3, -0.25) is 4.79 Å². The largest absolute Gasteiger partial charge is 0.399 e. The van der Waals surface area contributed by atoms with Gasteiger partial charge >= 0.3 is 0 Å². The Morgan fingerprint density at radius 3 is 2.38 bits per heavy atom. The predicted octanol–water partition coefficient (Wildman–Crippen LogP) is 4.00. The van der Waals surface area contributed by atoms with E-state index in [4.69, 9.17) is 5.73 Å². The number of thioether (sulfide) groups is 1. The lowest BCUT2D eigenvalue weighted by molar-refractivity contribution is -0.115.